The Labute approximate surface area is 50.2 Å². The molecular weight excluding hydrogens is 100 g/mol. The van der Waals surface area contributed by atoms with E-state index in [4.69, 9.17) is 0 Å². The van der Waals surface area contributed by atoms with Crippen LogP contribution >= 0.6 is 0 Å². The Morgan fingerprint density at radius 2 is 2.50 bits per heavy atom. The van der Waals surface area contributed by atoms with E-state index in [0.717, 1.165) is 6.42 Å². The average molecular weight is 112 g/mol. The van der Waals surface area contributed by atoms with Crippen molar-refractivity contribution in [3.05, 3.63) is 12.4 Å². The van der Waals surface area contributed by atoms with Crippen LogP contribution in [-0.2, 0) is 0 Å². The fraction of sp³-hybridized carbons (Fsp3) is 0.667. The van der Waals surface area contributed by atoms with Crippen LogP contribution in [0.2, 0.25) is 0 Å². The van der Waals surface area contributed by atoms with Gasteiger partial charge in [-0.1, -0.05) is 6.92 Å². The molecule has 0 bridgehead atoms. The summed E-state index contributed by atoms with van der Waals surface area (Å²) in [5, 5.41) is 3.20. The van der Waals surface area contributed by atoms with Gasteiger partial charge in [0.25, 0.3) is 0 Å². The van der Waals surface area contributed by atoms with Crippen LogP contribution in [0.4, 0.5) is 0 Å². The van der Waals surface area contributed by atoms with Crippen LogP contribution < -0.4 is 5.32 Å². The van der Waals surface area contributed by atoms with Crippen LogP contribution in [0.3, 0.4) is 0 Å². The second-order valence-electron chi connectivity index (χ2n) is 2.07. The van der Waals surface area contributed by atoms with Crippen molar-refractivity contribution >= 4 is 0 Å². The van der Waals surface area contributed by atoms with E-state index >= 15 is 0 Å². The summed E-state index contributed by atoms with van der Waals surface area (Å²) in [6.45, 7) is 2.17. The van der Waals surface area contributed by atoms with E-state index in [9.17, 15) is 0 Å². The van der Waals surface area contributed by atoms with E-state index < -0.39 is 0 Å². The maximum Gasteiger partial charge on any atom is 0.0975 e. The van der Waals surface area contributed by atoms with E-state index in [1.165, 1.54) is 0 Å². The summed E-state index contributed by atoms with van der Waals surface area (Å²) in [6.07, 6.45) is 5.72. The van der Waals surface area contributed by atoms with Gasteiger partial charge >= 0.3 is 0 Å². The normalized spacial score (nSPS) is 26.2. The van der Waals surface area contributed by atoms with Gasteiger partial charge in [-0.3, -0.25) is 0 Å². The molecule has 0 aromatic rings. The number of nitrogens with one attached hydrogen (secondary N) is 1. The lowest BCUT2D eigenvalue weighted by molar-refractivity contribution is 0.322. The molecule has 1 unspecified atom stereocenters. The molecule has 0 aromatic heterocycles. The number of hydrogen-bond acceptors (Lipinski definition) is 2. The second-order valence-corrected chi connectivity index (χ2v) is 2.07. The number of hydrogen-bond donors (Lipinski definition) is 1. The minimum absolute atomic E-state index is 0.537. The molecule has 0 aromatic carbocycles. The Kier molecular flexibility index (Phi) is 1.42. The predicted molar refractivity (Wildman–Crippen MR) is 34.1 cm³/mol. The molecule has 1 rings (SSSR count). The summed E-state index contributed by atoms with van der Waals surface area (Å²) in [7, 11) is 2.07. The largest absolute Gasteiger partial charge is 0.370 e. The average Bonchev–Trinajstić information content (AvgIpc) is 2.14. The van der Waals surface area contributed by atoms with Crippen molar-refractivity contribution in [1.29, 1.82) is 0 Å². The monoisotopic (exact) mass is 112 g/mol. The zero-order valence-corrected chi connectivity index (χ0v) is 5.39. The molecule has 2 heteroatoms. The van der Waals surface area contributed by atoms with Crippen LogP contribution in [0.5, 0.6) is 0 Å². The number of nitrogens with zero attached hydrogens (tertiary/aromatic N) is 1. The summed E-state index contributed by atoms with van der Waals surface area (Å²) in [6, 6.07) is 0. The maximum absolute atomic E-state index is 3.20. The van der Waals surface area contributed by atoms with Gasteiger partial charge in [0.1, 0.15) is 0 Å². The van der Waals surface area contributed by atoms with E-state index in [1.807, 2.05) is 12.4 Å². The van der Waals surface area contributed by atoms with Crippen molar-refractivity contribution in [1.82, 2.24) is 10.2 Å². The molecule has 0 aliphatic carbocycles. The molecule has 0 saturated heterocycles. The van der Waals surface area contributed by atoms with Gasteiger partial charge in [-0.05, 0) is 6.42 Å². The summed E-state index contributed by atoms with van der Waals surface area (Å²) in [5.74, 6) is 0. The molecule has 1 heterocycles. The Balaban J connectivity index is 2.38. The highest BCUT2D eigenvalue weighted by Gasteiger charge is 2.09. The van der Waals surface area contributed by atoms with Gasteiger partial charge in [0.2, 0.25) is 0 Å². The van der Waals surface area contributed by atoms with Crippen molar-refractivity contribution in [3.63, 3.8) is 0 Å². The molecule has 2 nitrogen and oxygen atoms in total. The first-order valence-corrected chi connectivity index (χ1v) is 2.99. The molecule has 1 atom stereocenters. The summed E-state index contributed by atoms with van der Waals surface area (Å²) in [4.78, 5) is 2.17. The van der Waals surface area contributed by atoms with Crippen molar-refractivity contribution in [3.8, 4) is 0 Å². The van der Waals surface area contributed by atoms with E-state index in [2.05, 4.69) is 24.2 Å². The second kappa shape index (κ2) is 2.07. The quantitative estimate of drug-likeness (QED) is 0.538. The fourth-order valence-electron chi connectivity index (χ4n) is 0.899. The van der Waals surface area contributed by atoms with Gasteiger partial charge in [0.05, 0.1) is 6.17 Å². The van der Waals surface area contributed by atoms with Crippen molar-refractivity contribution in [2.45, 2.75) is 19.5 Å². The van der Waals surface area contributed by atoms with Crippen LogP contribution in [0.1, 0.15) is 13.3 Å². The molecule has 1 N–H and O–H groups in total. The summed E-state index contributed by atoms with van der Waals surface area (Å²) < 4.78 is 0. The van der Waals surface area contributed by atoms with Crippen molar-refractivity contribution in [2.75, 3.05) is 7.05 Å². The minimum atomic E-state index is 0.537. The molecule has 8 heavy (non-hydrogen) atoms. The van der Waals surface area contributed by atoms with Crippen molar-refractivity contribution in [2.24, 2.45) is 0 Å². The molecular formula is C6H12N2. The molecule has 0 saturated carbocycles. The lowest BCUT2D eigenvalue weighted by Crippen LogP contribution is -2.31. The fourth-order valence-corrected chi connectivity index (χ4v) is 0.899. The SMILES string of the molecule is CCC1NC=CN1C. The Morgan fingerprint density at radius 1 is 1.75 bits per heavy atom. The van der Waals surface area contributed by atoms with Gasteiger partial charge in [-0.15, -0.1) is 0 Å². The van der Waals surface area contributed by atoms with E-state index in [1.54, 1.807) is 0 Å². The lowest BCUT2D eigenvalue weighted by atomic mass is 10.4. The van der Waals surface area contributed by atoms with Gasteiger partial charge in [0, 0.05) is 19.4 Å². The first-order chi connectivity index (χ1) is 3.84. The highest BCUT2D eigenvalue weighted by atomic mass is 15.3. The van der Waals surface area contributed by atoms with Crippen LogP contribution in [0.15, 0.2) is 12.4 Å². The molecule has 0 radical (unpaired) electrons. The summed E-state index contributed by atoms with van der Waals surface area (Å²) >= 11 is 0. The zero-order valence-electron chi connectivity index (χ0n) is 5.39. The van der Waals surface area contributed by atoms with E-state index in [0.29, 0.717) is 6.17 Å². The molecule has 1 aliphatic rings. The third-order valence-corrected chi connectivity index (χ3v) is 1.48. The first kappa shape index (κ1) is 5.48. The molecule has 0 fully saturated rings. The van der Waals surface area contributed by atoms with Crippen LogP contribution in [0, 0.1) is 0 Å². The van der Waals surface area contributed by atoms with Gasteiger partial charge in [0.15, 0.2) is 0 Å². The Hall–Kier alpha value is -0.660. The highest BCUT2D eigenvalue weighted by Crippen LogP contribution is 2.02. The molecule has 0 amide bonds. The Bertz CT molecular complexity index is 98.7. The van der Waals surface area contributed by atoms with Crippen LogP contribution in [-0.4, -0.2) is 18.1 Å². The molecule has 46 valence electrons. The zero-order chi connectivity index (χ0) is 5.98. The van der Waals surface area contributed by atoms with Gasteiger partial charge in [-0.25, -0.2) is 0 Å². The highest BCUT2D eigenvalue weighted by molar-refractivity contribution is 4.91. The lowest BCUT2D eigenvalue weighted by Gasteiger charge is -2.18. The third-order valence-electron chi connectivity index (χ3n) is 1.48. The molecule has 0 spiro atoms. The van der Waals surface area contributed by atoms with Gasteiger partial charge < -0.3 is 10.2 Å². The summed E-state index contributed by atoms with van der Waals surface area (Å²) in [5.41, 5.74) is 0. The molecule has 1 aliphatic heterocycles. The van der Waals surface area contributed by atoms with Crippen molar-refractivity contribution < 1.29 is 0 Å². The topological polar surface area (TPSA) is 15.3 Å². The maximum atomic E-state index is 3.20. The van der Waals surface area contributed by atoms with E-state index in [-0.39, 0.29) is 0 Å². The smallest absolute Gasteiger partial charge is 0.0975 e. The van der Waals surface area contributed by atoms with Gasteiger partial charge in [-0.2, -0.15) is 0 Å². The first-order valence-electron chi connectivity index (χ1n) is 2.99. The third kappa shape index (κ3) is 0.782. The van der Waals surface area contributed by atoms with Crippen LogP contribution in [0.25, 0.3) is 0 Å². The minimum Gasteiger partial charge on any atom is -0.370 e. The predicted octanol–water partition coefficient (Wildman–Crippen LogP) is 0.729. The number of rotatable bonds is 1. The Morgan fingerprint density at radius 3 is 2.75 bits per heavy atom. The standard InChI is InChI=1S/C6H12N2/c1-3-6-7-4-5-8(6)2/h4-7H,3H2,1-2H3.